The molecule has 0 atom stereocenters. The number of hydrogen-bond acceptors (Lipinski definition) is 3. The van der Waals surface area contributed by atoms with E-state index in [2.05, 4.69) is 15.5 Å². The first-order valence-corrected chi connectivity index (χ1v) is 4.84. The van der Waals surface area contributed by atoms with Crippen LogP contribution in [-0.2, 0) is 0 Å². The second-order valence-corrected chi connectivity index (χ2v) is 3.45. The third kappa shape index (κ3) is 1.30. The molecule has 5 nitrogen and oxygen atoms in total. The highest BCUT2D eigenvalue weighted by atomic mass is 16.2. The van der Waals surface area contributed by atoms with E-state index in [4.69, 9.17) is 0 Å². The summed E-state index contributed by atoms with van der Waals surface area (Å²) in [4.78, 5) is 11.3. The summed E-state index contributed by atoms with van der Waals surface area (Å²) in [5, 5.41) is 11.6. The van der Waals surface area contributed by atoms with Crippen molar-refractivity contribution in [2.24, 2.45) is 0 Å². The third-order valence-electron chi connectivity index (χ3n) is 2.45. The van der Waals surface area contributed by atoms with Gasteiger partial charge in [-0.25, -0.2) is 9.89 Å². The van der Waals surface area contributed by atoms with Crippen molar-refractivity contribution >= 4 is 10.8 Å². The van der Waals surface area contributed by atoms with E-state index in [0.29, 0.717) is 5.69 Å². The fourth-order valence-electron chi connectivity index (χ4n) is 1.68. The number of aromatic amines is 1. The zero-order chi connectivity index (χ0) is 11.0. The van der Waals surface area contributed by atoms with E-state index in [0.717, 1.165) is 10.8 Å². The van der Waals surface area contributed by atoms with Crippen molar-refractivity contribution in [2.45, 2.75) is 0 Å². The van der Waals surface area contributed by atoms with Crippen molar-refractivity contribution in [3.8, 4) is 5.69 Å². The Bertz CT molecular complexity index is 698. The Morgan fingerprint density at radius 3 is 2.62 bits per heavy atom. The minimum absolute atomic E-state index is 0.338. The van der Waals surface area contributed by atoms with Gasteiger partial charge in [0, 0.05) is 0 Å². The lowest BCUT2D eigenvalue weighted by Gasteiger charge is -2.01. The van der Waals surface area contributed by atoms with Gasteiger partial charge in [-0.2, -0.15) is 4.68 Å². The van der Waals surface area contributed by atoms with Gasteiger partial charge in [-0.05, 0) is 33.3 Å². The lowest BCUT2D eigenvalue weighted by Crippen LogP contribution is -2.15. The van der Waals surface area contributed by atoms with Crippen LogP contribution >= 0.6 is 0 Å². The Balaban J connectivity index is 2.27. The van der Waals surface area contributed by atoms with Crippen molar-refractivity contribution in [1.82, 2.24) is 20.2 Å². The summed E-state index contributed by atoms with van der Waals surface area (Å²) in [6, 6.07) is 13.6. The summed E-state index contributed by atoms with van der Waals surface area (Å²) >= 11 is 0. The number of aromatic nitrogens is 4. The van der Waals surface area contributed by atoms with Crippen molar-refractivity contribution in [3.63, 3.8) is 0 Å². The van der Waals surface area contributed by atoms with E-state index in [-0.39, 0.29) is 5.69 Å². The summed E-state index contributed by atoms with van der Waals surface area (Å²) in [6.45, 7) is 0. The average Bonchev–Trinajstić information content (AvgIpc) is 2.75. The molecule has 78 valence electrons. The summed E-state index contributed by atoms with van der Waals surface area (Å²) in [5.74, 6) is 0. The first-order chi connectivity index (χ1) is 7.84. The molecule has 0 bridgehead atoms. The molecule has 5 heteroatoms. The van der Waals surface area contributed by atoms with Crippen molar-refractivity contribution < 1.29 is 0 Å². The molecule has 0 spiro atoms. The van der Waals surface area contributed by atoms with Crippen LogP contribution in [0.25, 0.3) is 16.5 Å². The quantitative estimate of drug-likeness (QED) is 0.657. The van der Waals surface area contributed by atoms with E-state index in [1.165, 1.54) is 4.68 Å². The van der Waals surface area contributed by atoms with Crippen LogP contribution in [0.3, 0.4) is 0 Å². The van der Waals surface area contributed by atoms with Gasteiger partial charge in [-0.15, -0.1) is 0 Å². The molecule has 1 N–H and O–H groups in total. The third-order valence-corrected chi connectivity index (χ3v) is 2.45. The van der Waals surface area contributed by atoms with Crippen LogP contribution in [0.4, 0.5) is 0 Å². The number of tetrazole rings is 1. The van der Waals surface area contributed by atoms with Gasteiger partial charge in [0.05, 0.1) is 5.69 Å². The lowest BCUT2D eigenvalue weighted by molar-refractivity contribution is 0.780. The van der Waals surface area contributed by atoms with E-state index in [1.807, 2.05) is 42.5 Å². The Labute approximate surface area is 90.3 Å². The second kappa shape index (κ2) is 3.30. The number of fused-ring (bicyclic) bond motifs is 1. The lowest BCUT2D eigenvalue weighted by atomic mass is 10.1. The molecule has 3 aromatic rings. The molecule has 1 aromatic heterocycles. The molecule has 0 saturated carbocycles. The zero-order valence-corrected chi connectivity index (χ0v) is 8.29. The van der Waals surface area contributed by atoms with E-state index in [1.54, 1.807) is 0 Å². The van der Waals surface area contributed by atoms with Crippen LogP contribution in [0.15, 0.2) is 47.3 Å². The van der Waals surface area contributed by atoms with Crippen LogP contribution in [0.1, 0.15) is 0 Å². The number of H-pyrrole nitrogens is 1. The van der Waals surface area contributed by atoms with Gasteiger partial charge in [0.25, 0.3) is 0 Å². The van der Waals surface area contributed by atoms with Crippen LogP contribution in [0, 0.1) is 0 Å². The van der Waals surface area contributed by atoms with Crippen LogP contribution < -0.4 is 5.69 Å². The minimum Gasteiger partial charge on any atom is -0.244 e. The number of nitrogens with one attached hydrogen (secondary N) is 1. The van der Waals surface area contributed by atoms with Crippen LogP contribution in [-0.4, -0.2) is 20.2 Å². The summed E-state index contributed by atoms with van der Waals surface area (Å²) < 4.78 is 1.23. The topological polar surface area (TPSA) is 63.6 Å². The monoisotopic (exact) mass is 212 g/mol. The van der Waals surface area contributed by atoms with Gasteiger partial charge in [-0.1, -0.05) is 30.3 Å². The Morgan fingerprint density at radius 1 is 1.06 bits per heavy atom. The maximum Gasteiger partial charge on any atom is 0.365 e. The van der Waals surface area contributed by atoms with Gasteiger partial charge in [0.1, 0.15) is 0 Å². The van der Waals surface area contributed by atoms with Gasteiger partial charge in [0.2, 0.25) is 0 Å². The number of nitrogens with zero attached hydrogens (tertiary/aromatic N) is 3. The van der Waals surface area contributed by atoms with Crippen molar-refractivity contribution in [3.05, 3.63) is 52.9 Å². The molecule has 16 heavy (non-hydrogen) atoms. The number of hydrogen-bond donors (Lipinski definition) is 1. The highest BCUT2D eigenvalue weighted by Crippen LogP contribution is 2.16. The summed E-state index contributed by atoms with van der Waals surface area (Å²) in [6.07, 6.45) is 0. The Hall–Kier alpha value is -2.43. The van der Waals surface area contributed by atoms with Crippen LogP contribution in [0.2, 0.25) is 0 Å². The highest BCUT2D eigenvalue weighted by Gasteiger charge is 2.02. The molecule has 0 saturated heterocycles. The van der Waals surface area contributed by atoms with Gasteiger partial charge in [0.15, 0.2) is 0 Å². The molecule has 0 aliphatic rings. The van der Waals surface area contributed by atoms with Gasteiger partial charge in [-0.3, -0.25) is 0 Å². The molecule has 0 aliphatic carbocycles. The molecule has 0 aliphatic heterocycles. The molecular weight excluding hydrogens is 204 g/mol. The van der Waals surface area contributed by atoms with Crippen LogP contribution in [0.5, 0.6) is 0 Å². The van der Waals surface area contributed by atoms with Gasteiger partial charge >= 0.3 is 5.69 Å². The predicted octanol–water partition coefficient (Wildman–Crippen LogP) is 1.11. The smallest absolute Gasteiger partial charge is 0.244 e. The summed E-state index contributed by atoms with van der Waals surface area (Å²) in [5.41, 5.74) is 0.368. The maximum absolute atomic E-state index is 11.3. The average molecular weight is 212 g/mol. The first-order valence-electron chi connectivity index (χ1n) is 4.84. The van der Waals surface area contributed by atoms with E-state index in [9.17, 15) is 4.79 Å². The standard InChI is InChI=1S/C11H8N4O/c16-11-12-13-14-15(11)10-6-5-8-3-1-2-4-9(8)7-10/h1-7H,(H,12,14,16). The predicted molar refractivity (Wildman–Crippen MR) is 59.5 cm³/mol. The molecule has 3 rings (SSSR count). The molecule has 0 radical (unpaired) electrons. The Kier molecular flexibility index (Phi) is 1.83. The zero-order valence-electron chi connectivity index (χ0n) is 8.29. The largest absolute Gasteiger partial charge is 0.365 e. The van der Waals surface area contributed by atoms with Crippen molar-refractivity contribution in [1.29, 1.82) is 0 Å². The summed E-state index contributed by atoms with van der Waals surface area (Å²) in [7, 11) is 0. The van der Waals surface area contributed by atoms with Crippen molar-refractivity contribution in [2.75, 3.05) is 0 Å². The normalized spacial score (nSPS) is 10.8. The molecule has 0 fully saturated rings. The molecule has 2 aromatic carbocycles. The van der Waals surface area contributed by atoms with Gasteiger partial charge < -0.3 is 0 Å². The molecular formula is C11H8N4O. The number of benzene rings is 2. The fraction of sp³-hybridized carbons (Fsp3) is 0. The van der Waals surface area contributed by atoms with E-state index < -0.39 is 0 Å². The highest BCUT2D eigenvalue weighted by molar-refractivity contribution is 5.84. The SMILES string of the molecule is O=c1[nH]nnn1-c1ccc2ccccc2c1. The Morgan fingerprint density at radius 2 is 1.88 bits per heavy atom. The molecule has 1 heterocycles. The molecule has 0 amide bonds. The first kappa shape index (κ1) is 8.84. The van der Waals surface area contributed by atoms with E-state index >= 15 is 0 Å². The number of rotatable bonds is 1. The second-order valence-electron chi connectivity index (χ2n) is 3.45. The fourth-order valence-corrected chi connectivity index (χ4v) is 1.68. The molecule has 0 unspecified atom stereocenters. The maximum atomic E-state index is 11.3. The minimum atomic E-state index is -0.338.